The van der Waals surface area contributed by atoms with Crippen molar-refractivity contribution in [3.05, 3.63) is 42.6 Å². The number of anilines is 4. The molecule has 0 unspecified atom stereocenters. The van der Waals surface area contributed by atoms with Crippen molar-refractivity contribution in [2.45, 2.75) is 39.0 Å². The van der Waals surface area contributed by atoms with Crippen molar-refractivity contribution in [3.63, 3.8) is 0 Å². The van der Waals surface area contributed by atoms with E-state index in [9.17, 15) is 9.59 Å². The van der Waals surface area contributed by atoms with Crippen LogP contribution in [0.15, 0.2) is 42.6 Å². The predicted octanol–water partition coefficient (Wildman–Crippen LogP) is 4.30. The maximum atomic E-state index is 12.3. The third kappa shape index (κ3) is 5.05. The summed E-state index contributed by atoms with van der Waals surface area (Å²) >= 11 is 0. The lowest BCUT2D eigenvalue weighted by Gasteiger charge is -2.20. The van der Waals surface area contributed by atoms with Gasteiger partial charge in [0.2, 0.25) is 11.8 Å². The van der Waals surface area contributed by atoms with Crippen LogP contribution in [0, 0.1) is 5.92 Å². The second-order valence-electron chi connectivity index (χ2n) is 6.64. The van der Waals surface area contributed by atoms with Crippen LogP contribution in [0.4, 0.5) is 22.9 Å². The molecule has 1 heterocycles. The average molecular weight is 352 g/mol. The first-order chi connectivity index (χ1) is 12.6. The van der Waals surface area contributed by atoms with Crippen LogP contribution < -0.4 is 16.0 Å². The fourth-order valence-corrected chi connectivity index (χ4v) is 3.18. The normalized spacial score (nSPS) is 14.5. The highest BCUT2D eigenvalue weighted by Gasteiger charge is 2.21. The number of hydrogen-bond acceptors (Lipinski definition) is 4. The van der Waals surface area contributed by atoms with E-state index in [2.05, 4.69) is 20.9 Å². The molecular weight excluding hydrogens is 328 g/mol. The van der Waals surface area contributed by atoms with Gasteiger partial charge in [0.1, 0.15) is 5.82 Å². The molecule has 1 aromatic heterocycles. The third-order valence-corrected chi connectivity index (χ3v) is 4.46. The van der Waals surface area contributed by atoms with Gasteiger partial charge in [0.15, 0.2) is 0 Å². The number of aromatic nitrogens is 1. The molecule has 1 saturated carbocycles. The Balaban J connectivity index is 1.59. The van der Waals surface area contributed by atoms with E-state index < -0.39 is 0 Å². The van der Waals surface area contributed by atoms with Gasteiger partial charge in [-0.1, -0.05) is 25.3 Å². The van der Waals surface area contributed by atoms with E-state index in [1.54, 1.807) is 12.3 Å². The molecule has 1 aliphatic rings. The number of benzene rings is 1. The molecule has 1 fully saturated rings. The molecule has 0 bridgehead atoms. The van der Waals surface area contributed by atoms with E-state index >= 15 is 0 Å². The quantitative estimate of drug-likeness (QED) is 0.749. The molecular formula is C20H24N4O2. The van der Waals surface area contributed by atoms with Gasteiger partial charge in [0, 0.05) is 24.2 Å². The predicted molar refractivity (Wildman–Crippen MR) is 103 cm³/mol. The summed E-state index contributed by atoms with van der Waals surface area (Å²) in [7, 11) is 0. The lowest BCUT2D eigenvalue weighted by atomic mass is 9.89. The molecule has 0 atom stereocenters. The summed E-state index contributed by atoms with van der Waals surface area (Å²) in [5.41, 5.74) is 2.38. The molecule has 0 spiro atoms. The molecule has 26 heavy (non-hydrogen) atoms. The van der Waals surface area contributed by atoms with Gasteiger partial charge >= 0.3 is 0 Å². The van der Waals surface area contributed by atoms with Crippen LogP contribution in [0.3, 0.4) is 0 Å². The highest BCUT2D eigenvalue weighted by atomic mass is 16.2. The minimum Gasteiger partial charge on any atom is -0.354 e. The lowest BCUT2D eigenvalue weighted by molar-refractivity contribution is -0.120. The SMILES string of the molecule is CC(=O)Nc1cccc(Nc2ccc(NC(=O)C3CCCCC3)nc2)c1. The first kappa shape index (κ1) is 17.9. The number of nitrogens with one attached hydrogen (secondary N) is 3. The Kier molecular flexibility index (Phi) is 5.84. The minimum atomic E-state index is -0.109. The van der Waals surface area contributed by atoms with Crippen LogP contribution in [-0.4, -0.2) is 16.8 Å². The maximum absolute atomic E-state index is 12.3. The molecule has 0 radical (unpaired) electrons. The highest BCUT2D eigenvalue weighted by Crippen LogP contribution is 2.25. The van der Waals surface area contributed by atoms with E-state index in [0.717, 1.165) is 42.7 Å². The number of amides is 2. The summed E-state index contributed by atoms with van der Waals surface area (Å²) in [6.45, 7) is 1.48. The fraction of sp³-hybridized carbons (Fsp3) is 0.350. The topological polar surface area (TPSA) is 83.1 Å². The first-order valence-electron chi connectivity index (χ1n) is 9.02. The second kappa shape index (κ2) is 8.47. The Morgan fingerprint density at radius 3 is 2.42 bits per heavy atom. The van der Waals surface area contributed by atoms with Crippen molar-refractivity contribution >= 4 is 34.7 Å². The van der Waals surface area contributed by atoms with E-state index in [-0.39, 0.29) is 17.7 Å². The van der Waals surface area contributed by atoms with Gasteiger partial charge in [-0.2, -0.15) is 0 Å². The second-order valence-corrected chi connectivity index (χ2v) is 6.64. The number of pyridine rings is 1. The van der Waals surface area contributed by atoms with Crippen LogP contribution in [0.25, 0.3) is 0 Å². The molecule has 6 nitrogen and oxygen atoms in total. The van der Waals surface area contributed by atoms with Crippen molar-refractivity contribution in [3.8, 4) is 0 Å². The van der Waals surface area contributed by atoms with E-state index in [4.69, 9.17) is 0 Å². The zero-order valence-electron chi connectivity index (χ0n) is 14.9. The standard InChI is InChI=1S/C20H24N4O2/c1-14(25)22-16-8-5-9-17(12-16)23-18-10-11-19(21-13-18)24-20(26)15-6-3-2-4-7-15/h5,8-13,15,23H,2-4,6-7H2,1H3,(H,22,25)(H,21,24,26). The zero-order chi connectivity index (χ0) is 18.4. The Morgan fingerprint density at radius 1 is 0.962 bits per heavy atom. The van der Waals surface area contributed by atoms with Crippen molar-refractivity contribution in [1.82, 2.24) is 4.98 Å². The largest absolute Gasteiger partial charge is 0.354 e. The van der Waals surface area contributed by atoms with Gasteiger partial charge in [-0.15, -0.1) is 0 Å². The van der Waals surface area contributed by atoms with E-state index in [1.807, 2.05) is 30.3 Å². The summed E-state index contributed by atoms with van der Waals surface area (Å²) in [4.78, 5) is 27.7. The summed E-state index contributed by atoms with van der Waals surface area (Å²) in [6, 6.07) is 11.1. The van der Waals surface area contributed by atoms with Gasteiger partial charge in [-0.3, -0.25) is 9.59 Å². The van der Waals surface area contributed by atoms with Crippen LogP contribution in [0.1, 0.15) is 39.0 Å². The number of carbonyl (C=O) groups excluding carboxylic acids is 2. The summed E-state index contributed by atoms with van der Waals surface area (Å²) in [6.07, 6.45) is 7.11. The fourth-order valence-electron chi connectivity index (χ4n) is 3.18. The van der Waals surface area contributed by atoms with Gasteiger partial charge in [0.25, 0.3) is 0 Å². The number of rotatable bonds is 5. The number of hydrogen-bond donors (Lipinski definition) is 3. The maximum Gasteiger partial charge on any atom is 0.228 e. The Morgan fingerprint density at radius 2 is 1.73 bits per heavy atom. The van der Waals surface area contributed by atoms with E-state index in [1.165, 1.54) is 13.3 Å². The molecule has 0 aliphatic heterocycles. The molecule has 2 amide bonds. The van der Waals surface area contributed by atoms with E-state index in [0.29, 0.717) is 5.82 Å². The van der Waals surface area contributed by atoms with Crippen molar-refractivity contribution in [1.29, 1.82) is 0 Å². The van der Waals surface area contributed by atoms with Crippen LogP contribution in [-0.2, 0) is 9.59 Å². The Bertz CT molecular complexity index is 768. The molecule has 3 rings (SSSR count). The third-order valence-electron chi connectivity index (χ3n) is 4.46. The first-order valence-corrected chi connectivity index (χ1v) is 9.02. The van der Waals surface area contributed by atoms with Gasteiger partial charge in [0.05, 0.1) is 11.9 Å². The molecule has 0 saturated heterocycles. The van der Waals surface area contributed by atoms with Crippen molar-refractivity contribution in [2.75, 3.05) is 16.0 Å². The van der Waals surface area contributed by atoms with Gasteiger partial charge in [-0.25, -0.2) is 4.98 Å². The van der Waals surface area contributed by atoms with Crippen LogP contribution in [0.5, 0.6) is 0 Å². The van der Waals surface area contributed by atoms with Crippen LogP contribution in [0.2, 0.25) is 0 Å². The Hall–Kier alpha value is -2.89. The summed E-state index contributed by atoms with van der Waals surface area (Å²) < 4.78 is 0. The molecule has 2 aromatic rings. The molecule has 1 aromatic carbocycles. The van der Waals surface area contributed by atoms with Gasteiger partial charge in [-0.05, 0) is 43.2 Å². The molecule has 6 heteroatoms. The zero-order valence-corrected chi connectivity index (χ0v) is 14.9. The van der Waals surface area contributed by atoms with Gasteiger partial charge < -0.3 is 16.0 Å². The monoisotopic (exact) mass is 352 g/mol. The smallest absolute Gasteiger partial charge is 0.228 e. The van der Waals surface area contributed by atoms with Crippen molar-refractivity contribution < 1.29 is 9.59 Å². The lowest BCUT2D eigenvalue weighted by Crippen LogP contribution is -2.25. The molecule has 3 N–H and O–H groups in total. The average Bonchev–Trinajstić information content (AvgIpc) is 2.64. The summed E-state index contributed by atoms with van der Waals surface area (Å²) in [5.74, 6) is 0.640. The Labute approximate surface area is 153 Å². The number of nitrogens with zero attached hydrogens (tertiary/aromatic N) is 1. The minimum absolute atomic E-state index is 0.0703. The number of carbonyl (C=O) groups is 2. The summed E-state index contributed by atoms with van der Waals surface area (Å²) in [5, 5.41) is 8.89. The molecule has 136 valence electrons. The van der Waals surface area contributed by atoms with Crippen molar-refractivity contribution in [2.24, 2.45) is 5.92 Å². The van der Waals surface area contributed by atoms with Crippen LogP contribution >= 0.6 is 0 Å². The highest BCUT2D eigenvalue weighted by molar-refractivity contribution is 5.92. The molecule has 1 aliphatic carbocycles.